The monoisotopic (exact) mass is 356 g/mol. The molecule has 0 atom stereocenters. The second kappa shape index (κ2) is 8.50. The highest BCUT2D eigenvalue weighted by Crippen LogP contribution is 2.29. The summed E-state index contributed by atoms with van der Waals surface area (Å²) in [5.41, 5.74) is 0.393. The molecule has 0 N–H and O–H groups in total. The van der Waals surface area contributed by atoms with Crippen LogP contribution in [0.4, 0.5) is 0 Å². The van der Waals surface area contributed by atoms with Crippen LogP contribution in [0.5, 0.6) is 5.75 Å². The van der Waals surface area contributed by atoms with Gasteiger partial charge in [0.2, 0.25) is 5.91 Å². The number of rotatable bonds is 4. The van der Waals surface area contributed by atoms with E-state index in [0.717, 1.165) is 51.9 Å². The molecule has 1 aromatic heterocycles. The molecule has 3 rings (SSSR count). The van der Waals surface area contributed by atoms with E-state index < -0.39 is 0 Å². The van der Waals surface area contributed by atoms with Gasteiger partial charge in [-0.25, -0.2) is 4.98 Å². The first-order valence-electron chi connectivity index (χ1n) is 9.62. The van der Waals surface area contributed by atoms with Gasteiger partial charge in [-0.3, -0.25) is 9.69 Å². The number of hydrogen-bond donors (Lipinski definition) is 0. The van der Waals surface area contributed by atoms with E-state index in [1.165, 1.54) is 0 Å². The minimum Gasteiger partial charge on any atom is -0.489 e. The van der Waals surface area contributed by atoms with Crippen LogP contribution in [-0.4, -0.2) is 59.0 Å². The fourth-order valence-corrected chi connectivity index (χ4v) is 3.85. The third-order valence-electron chi connectivity index (χ3n) is 5.53. The minimum absolute atomic E-state index is 0.131. The van der Waals surface area contributed by atoms with Crippen LogP contribution in [0.2, 0.25) is 0 Å². The first-order chi connectivity index (χ1) is 12.6. The fraction of sp³-hybridized carbons (Fsp3) is 0.650. The number of pyridine rings is 1. The molecule has 1 aromatic rings. The predicted molar refractivity (Wildman–Crippen MR) is 98.6 cm³/mol. The summed E-state index contributed by atoms with van der Waals surface area (Å²) < 4.78 is 5.97. The maximum atomic E-state index is 12.8. The van der Waals surface area contributed by atoms with Crippen molar-refractivity contribution < 1.29 is 9.53 Å². The van der Waals surface area contributed by atoms with Gasteiger partial charge in [-0.05, 0) is 51.7 Å². The molecule has 0 unspecified atom stereocenters. The standard InChI is InChI=1S/C20H28N4O2/c1-15(2)23-9-11-24(12-10-23)20(25)16-3-6-18(7-4-16)26-19-8-5-17(13-21)22-14-19/h5,8,14-16,18H,3-4,6-7,9-12H2,1-2H3. The van der Waals surface area contributed by atoms with Crippen molar-refractivity contribution in [2.75, 3.05) is 26.2 Å². The van der Waals surface area contributed by atoms with Crippen LogP contribution in [-0.2, 0) is 4.79 Å². The Balaban J connectivity index is 1.44. The summed E-state index contributed by atoms with van der Waals surface area (Å²) in [5, 5.41) is 8.79. The topological polar surface area (TPSA) is 69.5 Å². The predicted octanol–water partition coefficient (Wildman–Crippen LogP) is 2.44. The van der Waals surface area contributed by atoms with Crippen LogP contribution in [0.3, 0.4) is 0 Å². The largest absolute Gasteiger partial charge is 0.489 e. The quantitative estimate of drug-likeness (QED) is 0.829. The maximum Gasteiger partial charge on any atom is 0.225 e. The summed E-state index contributed by atoms with van der Waals surface area (Å²) in [4.78, 5) is 21.3. The molecule has 26 heavy (non-hydrogen) atoms. The van der Waals surface area contributed by atoms with Crippen LogP contribution in [0.25, 0.3) is 0 Å². The molecule has 140 valence electrons. The third kappa shape index (κ3) is 4.53. The summed E-state index contributed by atoms with van der Waals surface area (Å²) in [7, 11) is 0. The lowest BCUT2D eigenvalue weighted by Gasteiger charge is -2.39. The zero-order valence-corrected chi connectivity index (χ0v) is 15.7. The van der Waals surface area contributed by atoms with E-state index in [2.05, 4.69) is 28.6 Å². The van der Waals surface area contributed by atoms with Crippen LogP contribution >= 0.6 is 0 Å². The number of carbonyl (C=O) groups is 1. The number of carbonyl (C=O) groups excluding carboxylic acids is 1. The Morgan fingerprint density at radius 1 is 1.19 bits per heavy atom. The second-order valence-corrected chi connectivity index (χ2v) is 7.54. The van der Waals surface area contributed by atoms with Crippen molar-refractivity contribution in [3.63, 3.8) is 0 Å². The van der Waals surface area contributed by atoms with Crippen LogP contribution in [0.1, 0.15) is 45.2 Å². The smallest absolute Gasteiger partial charge is 0.225 e. The first kappa shape index (κ1) is 18.7. The molecule has 0 bridgehead atoms. The van der Waals surface area contributed by atoms with Gasteiger partial charge in [-0.1, -0.05) is 0 Å². The Morgan fingerprint density at radius 3 is 2.42 bits per heavy atom. The molecule has 0 spiro atoms. The van der Waals surface area contributed by atoms with Crippen LogP contribution in [0.15, 0.2) is 18.3 Å². The average molecular weight is 356 g/mol. The van der Waals surface area contributed by atoms with Gasteiger partial charge in [-0.2, -0.15) is 5.26 Å². The molecule has 0 radical (unpaired) electrons. The Morgan fingerprint density at radius 2 is 1.88 bits per heavy atom. The minimum atomic E-state index is 0.131. The van der Waals surface area contributed by atoms with Gasteiger partial charge in [0.25, 0.3) is 0 Å². The van der Waals surface area contributed by atoms with Crippen molar-refractivity contribution in [2.45, 2.75) is 51.7 Å². The second-order valence-electron chi connectivity index (χ2n) is 7.54. The van der Waals surface area contributed by atoms with Gasteiger partial charge in [0.1, 0.15) is 17.5 Å². The van der Waals surface area contributed by atoms with E-state index >= 15 is 0 Å². The van der Waals surface area contributed by atoms with Crippen molar-refractivity contribution in [3.05, 3.63) is 24.0 Å². The maximum absolute atomic E-state index is 12.8. The van der Waals surface area contributed by atoms with Gasteiger partial charge in [0, 0.05) is 38.1 Å². The lowest BCUT2D eigenvalue weighted by Crippen LogP contribution is -2.52. The lowest BCUT2D eigenvalue weighted by atomic mass is 9.86. The van der Waals surface area contributed by atoms with Gasteiger partial charge >= 0.3 is 0 Å². The van der Waals surface area contributed by atoms with E-state index in [-0.39, 0.29) is 12.0 Å². The molecule has 1 aliphatic carbocycles. The SMILES string of the molecule is CC(C)N1CCN(C(=O)C2CCC(Oc3ccc(C#N)nc3)CC2)CC1. The first-order valence-corrected chi connectivity index (χ1v) is 9.62. The lowest BCUT2D eigenvalue weighted by molar-refractivity contribution is -0.139. The molecule has 2 fully saturated rings. The Kier molecular flexibility index (Phi) is 6.10. The Bertz CT molecular complexity index is 637. The van der Waals surface area contributed by atoms with E-state index in [0.29, 0.717) is 23.4 Å². The zero-order chi connectivity index (χ0) is 18.5. The molecule has 2 aliphatic rings. The van der Waals surface area contributed by atoms with E-state index in [1.54, 1.807) is 18.3 Å². The summed E-state index contributed by atoms with van der Waals surface area (Å²) in [5.74, 6) is 1.16. The summed E-state index contributed by atoms with van der Waals surface area (Å²) >= 11 is 0. The summed E-state index contributed by atoms with van der Waals surface area (Å²) in [6, 6.07) is 6.01. The molecule has 6 heteroatoms. The van der Waals surface area contributed by atoms with Gasteiger partial charge in [0.05, 0.1) is 12.3 Å². The number of nitriles is 1. The molecular weight excluding hydrogens is 328 g/mol. The molecule has 6 nitrogen and oxygen atoms in total. The van der Waals surface area contributed by atoms with Gasteiger partial charge in [-0.15, -0.1) is 0 Å². The van der Waals surface area contributed by atoms with Gasteiger partial charge < -0.3 is 9.64 Å². The molecule has 1 amide bonds. The van der Waals surface area contributed by atoms with Crippen molar-refractivity contribution in [3.8, 4) is 11.8 Å². The average Bonchev–Trinajstić information content (AvgIpc) is 2.69. The van der Waals surface area contributed by atoms with Crippen molar-refractivity contribution in [1.82, 2.24) is 14.8 Å². The molecule has 1 saturated heterocycles. The van der Waals surface area contributed by atoms with Crippen LogP contribution in [0, 0.1) is 17.2 Å². The molecule has 2 heterocycles. The normalized spacial score (nSPS) is 24.3. The van der Waals surface area contributed by atoms with Crippen molar-refractivity contribution >= 4 is 5.91 Å². The zero-order valence-electron chi connectivity index (χ0n) is 15.7. The molecule has 0 aromatic carbocycles. The molecule has 1 saturated carbocycles. The number of nitrogens with zero attached hydrogens (tertiary/aromatic N) is 4. The Labute approximate surface area is 155 Å². The van der Waals surface area contributed by atoms with E-state index in [4.69, 9.17) is 10.00 Å². The highest BCUT2D eigenvalue weighted by atomic mass is 16.5. The third-order valence-corrected chi connectivity index (χ3v) is 5.53. The number of aromatic nitrogens is 1. The van der Waals surface area contributed by atoms with Crippen molar-refractivity contribution in [1.29, 1.82) is 5.26 Å². The molecular formula is C20H28N4O2. The summed E-state index contributed by atoms with van der Waals surface area (Å²) in [6.07, 6.45) is 5.29. The number of amides is 1. The van der Waals surface area contributed by atoms with Crippen LogP contribution < -0.4 is 4.74 Å². The number of ether oxygens (including phenoxy) is 1. The fourth-order valence-electron chi connectivity index (χ4n) is 3.85. The Hall–Kier alpha value is -2.13. The van der Waals surface area contributed by atoms with E-state index in [1.807, 2.05) is 6.07 Å². The van der Waals surface area contributed by atoms with Gasteiger partial charge in [0.15, 0.2) is 0 Å². The van der Waals surface area contributed by atoms with Crippen molar-refractivity contribution in [2.24, 2.45) is 5.92 Å². The number of hydrogen-bond acceptors (Lipinski definition) is 5. The number of piperazine rings is 1. The highest BCUT2D eigenvalue weighted by molar-refractivity contribution is 5.79. The molecule has 1 aliphatic heterocycles. The highest BCUT2D eigenvalue weighted by Gasteiger charge is 2.32. The van der Waals surface area contributed by atoms with E-state index in [9.17, 15) is 4.79 Å². The summed E-state index contributed by atoms with van der Waals surface area (Å²) in [6.45, 7) is 8.08.